The van der Waals surface area contributed by atoms with Crippen molar-refractivity contribution in [2.24, 2.45) is 5.92 Å². The van der Waals surface area contributed by atoms with Crippen molar-refractivity contribution in [3.63, 3.8) is 0 Å². The Morgan fingerprint density at radius 1 is 1.53 bits per heavy atom. The quantitative estimate of drug-likeness (QED) is 0.870. The summed E-state index contributed by atoms with van der Waals surface area (Å²) in [7, 11) is -3.42. The topological polar surface area (TPSA) is 66.1 Å². The summed E-state index contributed by atoms with van der Waals surface area (Å²) in [6.07, 6.45) is 3.68. The molecule has 0 spiro atoms. The standard InChI is InChI=1S/C11H19N3O2S/c1-8(2)14(7-10-4-5-10)17(15,16)11-6-12-9(3)13-11/h6,8,10H,4-5,7H2,1-3H3,(H,12,13). The van der Waals surface area contributed by atoms with Crippen LogP contribution in [-0.4, -0.2) is 35.3 Å². The number of aromatic amines is 1. The zero-order valence-corrected chi connectivity index (χ0v) is 11.3. The van der Waals surface area contributed by atoms with Crippen LogP contribution in [0.5, 0.6) is 0 Å². The van der Waals surface area contributed by atoms with Crippen LogP contribution in [0.4, 0.5) is 0 Å². The minimum absolute atomic E-state index is 0.0239. The van der Waals surface area contributed by atoms with Gasteiger partial charge < -0.3 is 4.98 Å². The molecule has 1 aliphatic rings. The molecule has 0 saturated heterocycles. The van der Waals surface area contributed by atoms with Crippen molar-refractivity contribution in [1.82, 2.24) is 14.3 Å². The van der Waals surface area contributed by atoms with Crippen LogP contribution in [0.1, 0.15) is 32.5 Å². The summed E-state index contributed by atoms with van der Waals surface area (Å²) < 4.78 is 26.4. The first kappa shape index (κ1) is 12.6. The highest BCUT2D eigenvalue weighted by Gasteiger charge is 2.34. The van der Waals surface area contributed by atoms with E-state index in [4.69, 9.17) is 0 Å². The molecule has 1 aromatic rings. The predicted molar refractivity (Wildman–Crippen MR) is 65.1 cm³/mol. The fourth-order valence-electron chi connectivity index (χ4n) is 1.80. The van der Waals surface area contributed by atoms with Gasteiger partial charge in [-0.25, -0.2) is 13.4 Å². The minimum atomic E-state index is -3.42. The lowest BCUT2D eigenvalue weighted by atomic mass is 10.3. The zero-order valence-electron chi connectivity index (χ0n) is 10.5. The summed E-state index contributed by atoms with van der Waals surface area (Å²) in [5.41, 5.74) is 0. The van der Waals surface area contributed by atoms with Gasteiger partial charge in [-0.2, -0.15) is 4.31 Å². The highest BCUT2D eigenvalue weighted by molar-refractivity contribution is 7.89. The molecule has 1 aromatic heterocycles. The Bertz CT molecular complexity index is 489. The van der Waals surface area contributed by atoms with E-state index >= 15 is 0 Å². The second kappa shape index (κ2) is 4.42. The van der Waals surface area contributed by atoms with Crippen molar-refractivity contribution in [3.05, 3.63) is 12.0 Å². The van der Waals surface area contributed by atoms with E-state index in [9.17, 15) is 8.42 Å². The predicted octanol–water partition coefficient (Wildman–Crippen LogP) is 1.53. The van der Waals surface area contributed by atoms with Gasteiger partial charge in [-0.3, -0.25) is 0 Å². The normalized spacial score (nSPS) is 17.0. The van der Waals surface area contributed by atoms with Crippen molar-refractivity contribution in [1.29, 1.82) is 0 Å². The molecule has 6 heteroatoms. The monoisotopic (exact) mass is 257 g/mol. The number of rotatable bonds is 5. The largest absolute Gasteiger partial charge is 0.332 e. The van der Waals surface area contributed by atoms with Gasteiger partial charge in [0.25, 0.3) is 10.0 Å². The van der Waals surface area contributed by atoms with Gasteiger partial charge in [0.1, 0.15) is 5.82 Å². The molecule has 0 atom stereocenters. The molecule has 1 fully saturated rings. The number of aryl methyl sites for hydroxylation is 1. The molecule has 0 radical (unpaired) electrons. The highest BCUT2D eigenvalue weighted by atomic mass is 32.2. The van der Waals surface area contributed by atoms with Crippen molar-refractivity contribution in [2.45, 2.75) is 44.7 Å². The molecule has 0 aromatic carbocycles. The van der Waals surface area contributed by atoms with E-state index in [1.165, 1.54) is 6.20 Å². The molecule has 96 valence electrons. The molecule has 17 heavy (non-hydrogen) atoms. The van der Waals surface area contributed by atoms with E-state index in [2.05, 4.69) is 9.97 Å². The molecule has 1 saturated carbocycles. The van der Waals surface area contributed by atoms with Gasteiger partial charge in [-0.05, 0) is 39.5 Å². The number of sulfonamides is 1. The van der Waals surface area contributed by atoms with Gasteiger partial charge in [-0.15, -0.1) is 0 Å². The first-order chi connectivity index (χ1) is 7.91. The second-order valence-electron chi connectivity index (χ2n) is 4.94. The van der Waals surface area contributed by atoms with Gasteiger partial charge in [0.05, 0.1) is 6.20 Å². The number of H-pyrrole nitrogens is 1. The summed E-state index contributed by atoms with van der Waals surface area (Å²) in [4.78, 5) is 6.76. The first-order valence-corrected chi connectivity index (χ1v) is 7.38. The van der Waals surface area contributed by atoms with Gasteiger partial charge in [0.15, 0.2) is 5.03 Å². The number of hydrogen-bond donors (Lipinski definition) is 1. The van der Waals surface area contributed by atoms with Crippen LogP contribution in [0.25, 0.3) is 0 Å². The number of nitrogens with one attached hydrogen (secondary N) is 1. The van der Waals surface area contributed by atoms with Crippen LogP contribution in [-0.2, 0) is 10.0 Å². The van der Waals surface area contributed by atoms with Gasteiger partial charge in [-0.1, -0.05) is 0 Å². The number of nitrogens with zero attached hydrogens (tertiary/aromatic N) is 2. The molecule has 0 bridgehead atoms. The maximum absolute atomic E-state index is 12.4. The van der Waals surface area contributed by atoms with Crippen LogP contribution in [0.3, 0.4) is 0 Å². The maximum atomic E-state index is 12.4. The number of aromatic nitrogens is 2. The SMILES string of the molecule is Cc1ncc(S(=O)(=O)N(CC2CC2)C(C)C)[nH]1. The van der Waals surface area contributed by atoms with E-state index in [1.54, 1.807) is 11.2 Å². The molecule has 0 unspecified atom stereocenters. The lowest BCUT2D eigenvalue weighted by Crippen LogP contribution is -2.38. The minimum Gasteiger partial charge on any atom is -0.332 e. The Balaban J connectivity index is 2.26. The fraction of sp³-hybridized carbons (Fsp3) is 0.727. The lowest BCUT2D eigenvalue weighted by molar-refractivity contribution is 0.340. The molecule has 2 rings (SSSR count). The summed E-state index contributed by atoms with van der Waals surface area (Å²) in [6.45, 7) is 6.18. The molecular weight excluding hydrogens is 238 g/mol. The third-order valence-corrected chi connectivity index (χ3v) is 4.93. The van der Waals surface area contributed by atoms with Crippen LogP contribution < -0.4 is 0 Å². The Labute approximate surface area is 102 Å². The second-order valence-corrected chi connectivity index (χ2v) is 6.80. The van der Waals surface area contributed by atoms with Crippen LogP contribution in [0.15, 0.2) is 11.2 Å². The molecule has 5 nitrogen and oxygen atoms in total. The van der Waals surface area contributed by atoms with Crippen molar-refractivity contribution in [2.75, 3.05) is 6.54 Å². The zero-order chi connectivity index (χ0) is 12.6. The van der Waals surface area contributed by atoms with Gasteiger partial charge in [0.2, 0.25) is 0 Å². The van der Waals surface area contributed by atoms with Crippen molar-refractivity contribution < 1.29 is 8.42 Å². The maximum Gasteiger partial charge on any atom is 0.260 e. The average molecular weight is 257 g/mol. The highest BCUT2D eigenvalue weighted by Crippen LogP contribution is 2.32. The van der Waals surface area contributed by atoms with Crippen molar-refractivity contribution >= 4 is 10.0 Å². The third kappa shape index (κ3) is 2.69. The van der Waals surface area contributed by atoms with E-state index in [1.807, 2.05) is 13.8 Å². The smallest absolute Gasteiger partial charge is 0.260 e. The molecule has 1 heterocycles. The fourth-order valence-corrected chi connectivity index (χ4v) is 3.47. The molecule has 1 aliphatic carbocycles. The number of hydrogen-bond acceptors (Lipinski definition) is 3. The van der Waals surface area contributed by atoms with Crippen molar-refractivity contribution in [3.8, 4) is 0 Å². The summed E-state index contributed by atoms with van der Waals surface area (Å²) >= 11 is 0. The summed E-state index contributed by atoms with van der Waals surface area (Å²) in [6, 6.07) is -0.0239. The molecule has 0 aliphatic heterocycles. The van der Waals surface area contributed by atoms with E-state index in [0.29, 0.717) is 18.3 Å². The van der Waals surface area contributed by atoms with E-state index < -0.39 is 10.0 Å². The van der Waals surface area contributed by atoms with Gasteiger partial charge in [0, 0.05) is 12.6 Å². The van der Waals surface area contributed by atoms with Crippen LogP contribution in [0.2, 0.25) is 0 Å². The first-order valence-electron chi connectivity index (χ1n) is 5.94. The Hall–Kier alpha value is -0.880. The van der Waals surface area contributed by atoms with Crippen LogP contribution in [0, 0.1) is 12.8 Å². The summed E-state index contributed by atoms with van der Waals surface area (Å²) in [5.74, 6) is 1.16. The molecular formula is C11H19N3O2S. The molecule has 0 amide bonds. The Morgan fingerprint density at radius 2 is 2.18 bits per heavy atom. The molecule has 1 N–H and O–H groups in total. The average Bonchev–Trinajstić information content (AvgIpc) is 2.95. The van der Waals surface area contributed by atoms with E-state index in [0.717, 1.165) is 12.8 Å². The van der Waals surface area contributed by atoms with Gasteiger partial charge >= 0.3 is 0 Å². The number of imidazole rings is 1. The van der Waals surface area contributed by atoms with Crippen LogP contribution >= 0.6 is 0 Å². The lowest BCUT2D eigenvalue weighted by Gasteiger charge is -2.24. The summed E-state index contributed by atoms with van der Waals surface area (Å²) in [5, 5.41) is 0.198. The Morgan fingerprint density at radius 3 is 2.59 bits per heavy atom. The van der Waals surface area contributed by atoms with E-state index in [-0.39, 0.29) is 11.1 Å². The third-order valence-electron chi connectivity index (χ3n) is 2.98. The Kier molecular flexibility index (Phi) is 3.27.